The molecule has 11 heteroatoms. The molecule has 5 aromatic rings. The second-order valence-corrected chi connectivity index (χ2v) is 11.7. The molecule has 0 aliphatic rings. The Bertz CT molecular complexity index is 1710. The number of hydrogen-bond donors (Lipinski definition) is 1. The number of aryl methyl sites for hydroxylation is 1. The average molecular weight is 548 g/mol. The van der Waals surface area contributed by atoms with Gasteiger partial charge in [0.15, 0.2) is 0 Å². The van der Waals surface area contributed by atoms with Crippen LogP contribution in [0.1, 0.15) is 21.6 Å². The molecule has 9 nitrogen and oxygen atoms in total. The number of sulfonamides is 1. The third-order valence-corrected chi connectivity index (χ3v) is 8.74. The molecule has 38 heavy (non-hydrogen) atoms. The fourth-order valence-electron chi connectivity index (χ4n) is 3.92. The van der Waals surface area contributed by atoms with Crippen molar-refractivity contribution in [3.63, 3.8) is 0 Å². The summed E-state index contributed by atoms with van der Waals surface area (Å²) in [6.45, 7) is 2.07. The first kappa shape index (κ1) is 25.6. The number of benzene rings is 3. The SMILES string of the molecule is COc1ccc2sc(-n3nc(C)cc3NC(=O)c3ccc(S(=O)(=O)N(C)Cc4ccccc4)cc3)nc2c1. The highest BCUT2D eigenvalue weighted by molar-refractivity contribution is 7.89. The van der Waals surface area contributed by atoms with Crippen molar-refractivity contribution in [2.45, 2.75) is 18.4 Å². The molecule has 2 aromatic heterocycles. The van der Waals surface area contributed by atoms with E-state index in [1.807, 2.05) is 55.5 Å². The van der Waals surface area contributed by atoms with Crippen molar-refractivity contribution in [2.24, 2.45) is 0 Å². The van der Waals surface area contributed by atoms with Crippen molar-refractivity contribution in [3.05, 3.63) is 95.7 Å². The minimum Gasteiger partial charge on any atom is -0.497 e. The molecule has 0 saturated carbocycles. The molecule has 0 atom stereocenters. The summed E-state index contributed by atoms with van der Waals surface area (Å²) in [6.07, 6.45) is 0. The summed E-state index contributed by atoms with van der Waals surface area (Å²) in [5.41, 5.74) is 2.67. The molecular formula is C27H25N5O4S2. The Morgan fingerprint density at radius 1 is 1.05 bits per heavy atom. The summed E-state index contributed by atoms with van der Waals surface area (Å²) < 4.78 is 35.2. The molecule has 0 fully saturated rings. The van der Waals surface area contributed by atoms with E-state index in [-0.39, 0.29) is 11.4 Å². The quantitative estimate of drug-likeness (QED) is 0.297. The van der Waals surface area contributed by atoms with Gasteiger partial charge in [-0.2, -0.15) is 14.1 Å². The van der Waals surface area contributed by atoms with Gasteiger partial charge in [-0.3, -0.25) is 4.79 Å². The topological polar surface area (TPSA) is 106 Å². The van der Waals surface area contributed by atoms with E-state index in [1.54, 1.807) is 17.9 Å². The lowest BCUT2D eigenvalue weighted by molar-refractivity contribution is 0.102. The molecule has 0 radical (unpaired) electrons. The Balaban J connectivity index is 1.34. The van der Waals surface area contributed by atoms with E-state index in [2.05, 4.69) is 15.4 Å². The molecule has 0 aliphatic heterocycles. The molecule has 0 spiro atoms. The van der Waals surface area contributed by atoms with Crippen LogP contribution >= 0.6 is 11.3 Å². The molecule has 5 rings (SSSR count). The van der Waals surface area contributed by atoms with Gasteiger partial charge >= 0.3 is 0 Å². The van der Waals surface area contributed by atoms with E-state index < -0.39 is 15.9 Å². The standard InChI is InChI=1S/C27H25N5O4S2/c1-18-15-25(32(30-18)27-28-23-16-21(36-3)11-14-24(23)37-27)29-26(33)20-9-12-22(13-10-20)38(34,35)31(2)17-19-7-5-4-6-8-19/h4-16H,17H2,1-3H3,(H,29,33). The minimum atomic E-state index is -3.72. The van der Waals surface area contributed by atoms with Crippen LogP contribution in [0.5, 0.6) is 5.75 Å². The Morgan fingerprint density at radius 2 is 1.79 bits per heavy atom. The van der Waals surface area contributed by atoms with Crippen LogP contribution in [-0.2, 0) is 16.6 Å². The summed E-state index contributed by atoms with van der Waals surface area (Å²) in [5, 5.41) is 7.97. The Hall–Kier alpha value is -4.06. The van der Waals surface area contributed by atoms with E-state index in [9.17, 15) is 13.2 Å². The number of carbonyl (C=O) groups is 1. The molecule has 2 heterocycles. The van der Waals surface area contributed by atoms with Crippen molar-refractivity contribution < 1.29 is 17.9 Å². The van der Waals surface area contributed by atoms with Gasteiger partial charge in [-0.05, 0) is 48.9 Å². The zero-order valence-corrected chi connectivity index (χ0v) is 22.6. The van der Waals surface area contributed by atoms with Crippen LogP contribution in [0.15, 0.2) is 83.8 Å². The predicted molar refractivity (Wildman–Crippen MR) is 148 cm³/mol. The number of amides is 1. The lowest BCUT2D eigenvalue weighted by atomic mass is 10.2. The Morgan fingerprint density at radius 3 is 2.50 bits per heavy atom. The second kappa shape index (κ2) is 10.4. The number of aromatic nitrogens is 3. The van der Waals surface area contributed by atoms with Crippen LogP contribution < -0.4 is 10.1 Å². The van der Waals surface area contributed by atoms with Gasteiger partial charge < -0.3 is 10.1 Å². The summed E-state index contributed by atoms with van der Waals surface area (Å²) in [7, 11) is -0.591. The van der Waals surface area contributed by atoms with Crippen molar-refractivity contribution in [1.29, 1.82) is 0 Å². The number of hydrogen-bond acceptors (Lipinski definition) is 7. The number of ether oxygens (including phenoxy) is 1. The fraction of sp³-hybridized carbons (Fsp3) is 0.148. The molecule has 0 unspecified atom stereocenters. The van der Waals surface area contributed by atoms with Crippen LogP contribution in [0.4, 0.5) is 5.82 Å². The van der Waals surface area contributed by atoms with Crippen molar-refractivity contribution >= 4 is 43.3 Å². The van der Waals surface area contributed by atoms with Crippen molar-refractivity contribution in [2.75, 3.05) is 19.5 Å². The molecule has 1 amide bonds. The van der Waals surface area contributed by atoms with Crippen LogP contribution in [0.3, 0.4) is 0 Å². The predicted octanol–water partition coefficient (Wildman–Crippen LogP) is 4.87. The van der Waals surface area contributed by atoms with Gasteiger partial charge in [0, 0.05) is 31.3 Å². The molecule has 3 aromatic carbocycles. The van der Waals surface area contributed by atoms with Gasteiger partial charge in [-0.25, -0.2) is 13.4 Å². The van der Waals surface area contributed by atoms with E-state index in [4.69, 9.17) is 4.74 Å². The molecule has 0 aliphatic carbocycles. The maximum atomic E-state index is 13.1. The highest BCUT2D eigenvalue weighted by Crippen LogP contribution is 2.30. The van der Waals surface area contributed by atoms with E-state index in [0.717, 1.165) is 15.8 Å². The molecule has 0 saturated heterocycles. The molecule has 0 bridgehead atoms. The van der Waals surface area contributed by atoms with Gasteiger partial charge in [0.05, 0.1) is 27.9 Å². The van der Waals surface area contributed by atoms with Crippen LogP contribution in [0.2, 0.25) is 0 Å². The summed E-state index contributed by atoms with van der Waals surface area (Å²) >= 11 is 1.44. The first-order chi connectivity index (χ1) is 18.2. The van der Waals surface area contributed by atoms with Gasteiger partial charge in [0.1, 0.15) is 11.6 Å². The number of fused-ring (bicyclic) bond motifs is 1. The minimum absolute atomic E-state index is 0.110. The Kier molecular flexibility index (Phi) is 6.98. The number of nitrogens with zero attached hydrogens (tertiary/aromatic N) is 4. The van der Waals surface area contributed by atoms with Gasteiger partial charge in [-0.15, -0.1) is 0 Å². The summed E-state index contributed by atoms with van der Waals surface area (Å²) in [5.74, 6) is 0.768. The number of rotatable bonds is 8. The lowest BCUT2D eigenvalue weighted by Crippen LogP contribution is -2.26. The maximum Gasteiger partial charge on any atom is 0.256 e. The maximum absolute atomic E-state index is 13.1. The average Bonchev–Trinajstić information content (AvgIpc) is 3.51. The number of methoxy groups -OCH3 is 1. The highest BCUT2D eigenvalue weighted by Gasteiger charge is 2.22. The molecule has 194 valence electrons. The zero-order valence-electron chi connectivity index (χ0n) is 21.0. The first-order valence-corrected chi connectivity index (χ1v) is 13.9. The normalized spacial score (nSPS) is 11.7. The molecular weight excluding hydrogens is 522 g/mol. The van der Waals surface area contributed by atoms with Crippen LogP contribution in [-0.4, -0.2) is 47.6 Å². The molecule has 1 N–H and O–H groups in total. The third-order valence-electron chi connectivity index (χ3n) is 5.91. The number of anilines is 1. The van der Waals surface area contributed by atoms with E-state index in [1.165, 1.54) is 47.0 Å². The number of carbonyl (C=O) groups excluding carboxylic acids is 1. The summed E-state index contributed by atoms with van der Waals surface area (Å²) in [4.78, 5) is 17.8. The monoisotopic (exact) mass is 547 g/mol. The van der Waals surface area contributed by atoms with E-state index in [0.29, 0.717) is 28.0 Å². The highest BCUT2D eigenvalue weighted by atomic mass is 32.2. The number of nitrogens with one attached hydrogen (secondary N) is 1. The lowest BCUT2D eigenvalue weighted by Gasteiger charge is -2.17. The largest absolute Gasteiger partial charge is 0.497 e. The summed E-state index contributed by atoms with van der Waals surface area (Å²) in [6, 6.07) is 22.6. The van der Waals surface area contributed by atoms with Crippen LogP contribution in [0, 0.1) is 6.92 Å². The van der Waals surface area contributed by atoms with Gasteiger partial charge in [-0.1, -0.05) is 41.7 Å². The van der Waals surface area contributed by atoms with Gasteiger partial charge in [0.25, 0.3) is 5.91 Å². The van der Waals surface area contributed by atoms with Crippen molar-refractivity contribution in [1.82, 2.24) is 19.1 Å². The fourth-order valence-corrected chi connectivity index (χ4v) is 5.99. The second-order valence-electron chi connectivity index (χ2n) is 8.64. The smallest absolute Gasteiger partial charge is 0.256 e. The number of thiazole rings is 1. The van der Waals surface area contributed by atoms with E-state index >= 15 is 0 Å². The zero-order chi connectivity index (χ0) is 26.9. The first-order valence-electron chi connectivity index (χ1n) is 11.7. The van der Waals surface area contributed by atoms with Crippen molar-refractivity contribution in [3.8, 4) is 10.9 Å². The van der Waals surface area contributed by atoms with Gasteiger partial charge in [0.2, 0.25) is 15.2 Å². The Labute approximate surface area is 224 Å². The third kappa shape index (κ3) is 5.17. The van der Waals surface area contributed by atoms with Crippen LogP contribution in [0.25, 0.3) is 15.3 Å².